The molecule has 7 nitrogen and oxygen atoms in total. The molecule has 0 radical (unpaired) electrons. The second-order valence-electron chi connectivity index (χ2n) is 5.56. The number of rotatable bonds is 5. The molecule has 1 N–H and O–H groups in total. The summed E-state index contributed by atoms with van der Waals surface area (Å²) in [5, 5.41) is 4.96. The van der Waals surface area contributed by atoms with Gasteiger partial charge in [0.25, 0.3) is 0 Å². The molecule has 0 saturated carbocycles. The Bertz CT molecular complexity index is 970. The first kappa shape index (κ1) is 16.8. The van der Waals surface area contributed by atoms with Crippen LogP contribution in [0.1, 0.15) is 18.3 Å². The van der Waals surface area contributed by atoms with Crippen molar-refractivity contribution >= 4 is 17.0 Å². The van der Waals surface area contributed by atoms with Crippen LogP contribution in [0.3, 0.4) is 0 Å². The zero-order valence-electron chi connectivity index (χ0n) is 14.3. The van der Waals surface area contributed by atoms with Crippen molar-refractivity contribution < 1.29 is 14.3 Å². The number of nitrogens with one attached hydrogen (secondary N) is 1. The average Bonchev–Trinajstić information content (AvgIpc) is 2.92. The van der Waals surface area contributed by atoms with Gasteiger partial charge in [0.2, 0.25) is 0 Å². The maximum atomic E-state index is 12.5. The zero-order valence-corrected chi connectivity index (χ0v) is 14.3. The monoisotopic (exact) mass is 341 g/mol. The number of nitrogens with zero attached hydrogens (tertiary/aromatic N) is 2. The molecule has 0 aliphatic carbocycles. The fourth-order valence-electron chi connectivity index (χ4n) is 2.73. The van der Waals surface area contributed by atoms with Gasteiger partial charge in [-0.05, 0) is 38.1 Å². The van der Waals surface area contributed by atoms with Crippen molar-refractivity contribution in [1.29, 1.82) is 0 Å². The summed E-state index contributed by atoms with van der Waals surface area (Å²) >= 11 is 0. The second-order valence-corrected chi connectivity index (χ2v) is 5.56. The van der Waals surface area contributed by atoms with Gasteiger partial charge in [0, 0.05) is 11.8 Å². The molecule has 1 aromatic carbocycles. The molecule has 0 saturated heterocycles. The topological polar surface area (TPSA) is 86.2 Å². The second kappa shape index (κ2) is 6.80. The molecule has 0 aliphatic rings. The lowest BCUT2D eigenvalue weighted by atomic mass is 10.2. The van der Waals surface area contributed by atoms with Crippen LogP contribution in [0, 0.1) is 6.92 Å². The number of hydrogen-bond donors (Lipinski definition) is 1. The number of hydrogen-bond acceptors (Lipinski definition) is 5. The van der Waals surface area contributed by atoms with Crippen molar-refractivity contribution in [2.45, 2.75) is 20.3 Å². The number of pyridine rings is 1. The van der Waals surface area contributed by atoms with Gasteiger partial charge in [-0.2, -0.15) is 5.10 Å². The van der Waals surface area contributed by atoms with E-state index in [0.29, 0.717) is 29.0 Å². The van der Waals surface area contributed by atoms with Crippen LogP contribution in [0.4, 0.5) is 0 Å². The minimum atomic E-state index is -0.385. The third kappa shape index (κ3) is 3.26. The first-order chi connectivity index (χ1) is 12.0. The van der Waals surface area contributed by atoms with Crippen molar-refractivity contribution in [3.63, 3.8) is 0 Å². The van der Waals surface area contributed by atoms with Gasteiger partial charge in [0.05, 0.1) is 36.9 Å². The van der Waals surface area contributed by atoms with Crippen molar-refractivity contribution in [2.24, 2.45) is 0 Å². The molecule has 0 aliphatic heterocycles. The number of benzene rings is 1. The van der Waals surface area contributed by atoms with Crippen LogP contribution in [0.2, 0.25) is 0 Å². The molecular weight excluding hydrogens is 322 g/mol. The molecule has 0 unspecified atom stereocenters. The standard InChI is InChI=1S/C18H19N3O4/c1-4-25-16(23)10-12-9-15(22)17-11(2)20-21(18(17)19-12)13-5-7-14(24-3)8-6-13/h5-9H,4,10H2,1-3H3,(H,19,22). The van der Waals surface area contributed by atoms with Crippen LogP contribution in [0.25, 0.3) is 16.7 Å². The Balaban J connectivity index is 2.11. The van der Waals surface area contributed by atoms with Crippen LogP contribution < -0.4 is 10.2 Å². The Morgan fingerprint density at radius 2 is 2.00 bits per heavy atom. The van der Waals surface area contributed by atoms with Crippen molar-refractivity contribution in [3.8, 4) is 11.4 Å². The summed E-state index contributed by atoms with van der Waals surface area (Å²) in [5.74, 6) is 0.346. The van der Waals surface area contributed by atoms with E-state index in [1.807, 2.05) is 24.3 Å². The molecule has 0 amide bonds. The van der Waals surface area contributed by atoms with E-state index in [2.05, 4.69) is 10.1 Å². The van der Waals surface area contributed by atoms with Gasteiger partial charge in [-0.25, -0.2) is 4.68 Å². The van der Waals surface area contributed by atoms with Gasteiger partial charge in [-0.1, -0.05) is 0 Å². The Kier molecular flexibility index (Phi) is 4.56. The van der Waals surface area contributed by atoms with E-state index in [1.54, 1.807) is 25.6 Å². The quantitative estimate of drug-likeness (QED) is 0.719. The first-order valence-electron chi connectivity index (χ1n) is 7.95. The van der Waals surface area contributed by atoms with Gasteiger partial charge in [-0.3, -0.25) is 9.59 Å². The number of methoxy groups -OCH3 is 1. The Hall–Kier alpha value is -3.09. The van der Waals surface area contributed by atoms with Gasteiger partial charge < -0.3 is 14.5 Å². The number of fused-ring (bicyclic) bond motifs is 1. The summed E-state index contributed by atoms with van der Waals surface area (Å²) in [5.41, 5.74) is 2.27. The molecule has 130 valence electrons. The minimum Gasteiger partial charge on any atom is -0.497 e. The highest BCUT2D eigenvalue weighted by Gasteiger charge is 2.15. The molecular formula is C18H19N3O4. The molecule has 3 aromatic rings. The number of H-pyrrole nitrogens is 1. The number of aromatic nitrogens is 3. The highest BCUT2D eigenvalue weighted by atomic mass is 16.5. The average molecular weight is 341 g/mol. The number of esters is 1. The molecule has 2 aromatic heterocycles. The number of carbonyl (C=O) groups excluding carboxylic acids is 1. The van der Waals surface area contributed by atoms with Crippen LogP contribution in [0.5, 0.6) is 5.75 Å². The fourth-order valence-corrected chi connectivity index (χ4v) is 2.73. The smallest absolute Gasteiger partial charge is 0.311 e. The SMILES string of the molecule is CCOC(=O)Cc1cc(=O)c2c(C)nn(-c3ccc(OC)cc3)c2[nH]1. The highest BCUT2D eigenvalue weighted by Crippen LogP contribution is 2.20. The Labute approximate surface area is 144 Å². The largest absolute Gasteiger partial charge is 0.497 e. The van der Waals surface area contributed by atoms with E-state index in [9.17, 15) is 9.59 Å². The Morgan fingerprint density at radius 3 is 2.64 bits per heavy atom. The van der Waals surface area contributed by atoms with E-state index >= 15 is 0 Å². The summed E-state index contributed by atoms with van der Waals surface area (Å²) in [6.45, 7) is 3.82. The van der Waals surface area contributed by atoms with Crippen LogP contribution in [-0.4, -0.2) is 34.5 Å². The van der Waals surface area contributed by atoms with Gasteiger partial charge >= 0.3 is 5.97 Å². The maximum Gasteiger partial charge on any atom is 0.311 e. The lowest BCUT2D eigenvalue weighted by Crippen LogP contribution is -2.13. The third-order valence-corrected chi connectivity index (χ3v) is 3.85. The fraction of sp³-hybridized carbons (Fsp3) is 0.278. The summed E-state index contributed by atoms with van der Waals surface area (Å²) in [6, 6.07) is 8.76. The summed E-state index contributed by atoms with van der Waals surface area (Å²) in [6.07, 6.45) is 0.00581. The van der Waals surface area contributed by atoms with Gasteiger partial charge in [-0.15, -0.1) is 0 Å². The summed E-state index contributed by atoms with van der Waals surface area (Å²) in [4.78, 5) is 27.3. The predicted molar refractivity (Wildman–Crippen MR) is 93.3 cm³/mol. The van der Waals surface area contributed by atoms with E-state index < -0.39 is 0 Å². The summed E-state index contributed by atoms with van der Waals surface area (Å²) in [7, 11) is 1.60. The first-order valence-corrected chi connectivity index (χ1v) is 7.95. The van der Waals surface area contributed by atoms with Crippen LogP contribution >= 0.6 is 0 Å². The molecule has 2 heterocycles. The summed E-state index contributed by atoms with van der Waals surface area (Å²) < 4.78 is 11.8. The van der Waals surface area contributed by atoms with E-state index in [1.165, 1.54) is 6.07 Å². The van der Waals surface area contributed by atoms with Crippen molar-refractivity contribution in [2.75, 3.05) is 13.7 Å². The maximum absolute atomic E-state index is 12.5. The van der Waals surface area contributed by atoms with Crippen LogP contribution in [-0.2, 0) is 16.0 Å². The van der Waals surface area contributed by atoms with Crippen molar-refractivity contribution in [3.05, 3.63) is 51.9 Å². The number of carbonyl (C=O) groups is 1. The number of aryl methyl sites for hydroxylation is 1. The lowest BCUT2D eigenvalue weighted by Gasteiger charge is -2.07. The normalized spacial score (nSPS) is 10.8. The number of ether oxygens (including phenoxy) is 2. The molecule has 0 bridgehead atoms. The predicted octanol–water partition coefficient (Wildman–Crippen LogP) is 2.14. The molecule has 25 heavy (non-hydrogen) atoms. The molecule has 0 fully saturated rings. The van der Waals surface area contributed by atoms with E-state index in [0.717, 1.165) is 11.4 Å². The molecule has 3 rings (SSSR count). The lowest BCUT2D eigenvalue weighted by molar-refractivity contribution is -0.142. The molecule has 0 spiro atoms. The number of aromatic amines is 1. The van der Waals surface area contributed by atoms with Crippen molar-refractivity contribution in [1.82, 2.24) is 14.8 Å². The van der Waals surface area contributed by atoms with Gasteiger partial charge in [0.1, 0.15) is 11.4 Å². The van der Waals surface area contributed by atoms with E-state index in [-0.39, 0.29) is 17.8 Å². The van der Waals surface area contributed by atoms with Crippen LogP contribution in [0.15, 0.2) is 35.1 Å². The molecule has 0 atom stereocenters. The zero-order chi connectivity index (χ0) is 18.0. The minimum absolute atomic E-state index is 0.00581. The molecule has 7 heteroatoms. The Morgan fingerprint density at radius 1 is 1.28 bits per heavy atom. The van der Waals surface area contributed by atoms with E-state index in [4.69, 9.17) is 9.47 Å². The third-order valence-electron chi connectivity index (χ3n) is 3.85. The highest BCUT2D eigenvalue weighted by molar-refractivity contribution is 5.81. The van der Waals surface area contributed by atoms with Gasteiger partial charge in [0.15, 0.2) is 5.43 Å².